The molecule has 0 spiro atoms. The van der Waals surface area contributed by atoms with Gasteiger partial charge in [-0.3, -0.25) is 13.9 Å². The van der Waals surface area contributed by atoms with Crippen LogP contribution in [0, 0.1) is 13.8 Å². The van der Waals surface area contributed by atoms with Crippen LogP contribution < -0.4 is 9.62 Å². The Kier molecular flexibility index (Phi) is 10.6. The van der Waals surface area contributed by atoms with Gasteiger partial charge in [0.1, 0.15) is 6.04 Å². The van der Waals surface area contributed by atoms with Crippen molar-refractivity contribution < 1.29 is 18.0 Å². The summed E-state index contributed by atoms with van der Waals surface area (Å²) in [6, 6.07) is 12.1. The number of carbonyl (C=O) groups is 2. The smallest absolute Gasteiger partial charge is 0.243 e. The fourth-order valence-corrected chi connectivity index (χ4v) is 5.22. The van der Waals surface area contributed by atoms with Gasteiger partial charge in [-0.1, -0.05) is 42.8 Å². The Morgan fingerprint density at radius 1 is 1.05 bits per heavy atom. The van der Waals surface area contributed by atoms with E-state index in [1.165, 1.54) is 4.31 Å². The molecule has 0 heterocycles. The molecule has 204 valence electrons. The number of aryl methyl sites for hydroxylation is 2. The third-order valence-corrected chi connectivity index (χ3v) is 7.68. The van der Waals surface area contributed by atoms with Gasteiger partial charge in [0.25, 0.3) is 0 Å². The average Bonchev–Trinajstić information content (AvgIpc) is 2.77. The number of amides is 2. The maximum Gasteiger partial charge on any atom is 0.243 e. The van der Waals surface area contributed by atoms with E-state index >= 15 is 0 Å². The van der Waals surface area contributed by atoms with Crippen LogP contribution in [0.1, 0.15) is 63.6 Å². The molecule has 0 saturated carbocycles. The van der Waals surface area contributed by atoms with Gasteiger partial charge in [-0.25, -0.2) is 8.42 Å². The van der Waals surface area contributed by atoms with Gasteiger partial charge >= 0.3 is 0 Å². The molecule has 1 atom stereocenters. The monoisotopic (exact) mass is 549 g/mol. The fraction of sp³-hybridized carbons (Fsp3) is 0.500. The van der Waals surface area contributed by atoms with Crippen molar-refractivity contribution in [2.45, 2.75) is 78.9 Å². The zero-order valence-corrected chi connectivity index (χ0v) is 24.5. The Morgan fingerprint density at radius 2 is 1.70 bits per heavy atom. The molecule has 9 heteroatoms. The molecule has 7 nitrogen and oxygen atoms in total. The highest BCUT2D eigenvalue weighted by molar-refractivity contribution is 7.92. The Hall–Kier alpha value is -2.58. The SMILES string of the molecule is CCC(C(=O)NC(C)(C)C)N(Cc1ccccc1Cl)C(=O)CCCN(c1ccc(C)c(C)c1)S(C)(=O)=O. The molecule has 2 aromatic rings. The van der Waals surface area contributed by atoms with Gasteiger partial charge in [0.15, 0.2) is 0 Å². The lowest BCUT2D eigenvalue weighted by Crippen LogP contribution is -2.53. The van der Waals surface area contributed by atoms with E-state index in [9.17, 15) is 18.0 Å². The summed E-state index contributed by atoms with van der Waals surface area (Å²) >= 11 is 6.38. The summed E-state index contributed by atoms with van der Waals surface area (Å²) in [4.78, 5) is 28.2. The summed E-state index contributed by atoms with van der Waals surface area (Å²) in [7, 11) is -3.55. The van der Waals surface area contributed by atoms with E-state index in [-0.39, 0.29) is 31.3 Å². The molecule has 2 amide bonds. The van der Waals surface area contributed by atoms with Crippen LogP contribution in [0.3, 0.4) is 0 Å². The number of hydrogen-bond acceptors (Lipinski definition) is 4. The van der Waals surface area contributed by atoms with Gasteiger partial charge in [-0.15, -0.1) is 0 Å². The summed E-state index contributed by atoms with van der Waals surface area (Å²) in [6.45, 7) is 11.8. The molecular weight excluding hydrogens is 510 g/mol. The van der Waals surface area contributed by atoms with Crippen LogP contribution >= 0.6 is 11.6 Å². The summed E-state index contributed by atoms with van der Waals surface area (Å²) in [5.41, 5.74) is 2.92. The molecule has 0 aliphatic carbocycles. The molecule has 2 rings (SSSR count). The van der Waals surface area contributed by atoms with E-state index in [1.54, 1.807) is 17.0 Å². The lowest BCUT2D eigenvalue weighted by Gasteiger charge is -2.33. The number of nitrogens with zero attached hydrogens (tertiary/aromatic N) is 2. The van der Waals surface area contributed by atoms with Crippen molar-refractivity contribution in [2.24, 2.45) is 0 Å². The molecule has 37 heavy (non-hydrogen) atoms. The second-order valence-corrected chi connectivity index (χ2v) is 12.8. The molecule has 0 radical (unpaired) electrons. The van der Waals surface area contributed by atoms with Crippen molar-refractivity contribution in [2.75, 3.05) is 17.1 Å². The van der Waals surface area contributed by atoms with Crippen LogP contribution in [-0.4, -0.2) is 49.5 Å². The predicted molar refractivity (Wildman–Crippen MR) is 151 cm³/mol. The molecule has 0 saturated heterocycles. The Labute approximate surface area is 227 Å². The van der Waals surface area contributed by atoms with Gasteiger partial charge in [-0.2, -0.15) is 0 Å². The van der Waals surface area contributed by atoms with Crippen LogP contribution in [0.2, 0.25) is 5.02 Å². The highest BCUT2D eigenvalue weighted by atomic mass is 35.5. The van der Waals surface area contributed by atoms with Crippen molar-refractivity contribution in [3.05, 3.63) is 64.2 Å². The van der Waals surface area contributed by atoms with E-state index < -0.39 is 21.6 Å². The van der Waals surface area contributed by atoms with Gasteiger partial charge in [0, 0.05) is 30.1 Å². The fourth-order valence-electron chi connectivity index (χ4n) is 4.07. The summed E-state index contributed by atoms with van der Waals surface area (Å²) in [5.74, 6) is -0.465. The van der Waals surface area contributed by atoms with E-state index in [2.05, 4.69) is 5.32 Å². The average molecular weight is 550 g/mol. The molecule has 0 aliphatic heterocycles. The number of rotatable bonds is 11. The minimum absolute atomic E-state index is 0.0839. The van der Waals surface area contributed by atoms with E-state index in [1.807, 2.05) is 71.9 Å². The van der Waals surface area contributed by atoms with Crippen LogP contribution in [-0.2, 0) is 26.2 Å². The number of carbonyl (C=O) groups excluding carboxylic acids is 2. The largest absolute Gasteiger partial charge is 0.350 e. The molecule has 0 fully saturated rings. The standard InChI is InChI=1S/C28H40ClN3O4S/c1-8-25(27(34)30-28(4,5)6)31(19-22-12-9-10-13-24(22)29)26(33)14-11-17-32(37(7,35)36)23-16-15-20(2)21(3)18-23/h9-10,12-13,15-16,18,25H,8,11,14,17,19H2,1-7H3,(H,30,34). The normalized spacial score (nSPS) is 12.6. The lowest BCUT2D eigenvalue weighted by atomic mass is 10.0. The topological polar surface area (TPSA) is 86.8 Å². The second-order valence-electron chi connectivity index (χ2n) is 10.5. The van der Waals surface area contributed by atoms with Gasteiger partial charge in [0.2, 0.25) is 21.8 Å². The number of anilines is 1. The van der Waals surface area contributed by atoms with Crippen molar-refractivity contribution >= 4 is 39.1 Å². The van der Waals surface area contributed by atoms with Crippen molar-refractivity contribution in [1.29, 1.82) is 0 Å². The van der Waals surface area contributed by atoms with Crippen LogP contribution in [0.4, 0.5) is 5.69 Å². The number of hydrogen-bond donors (Lipinski definition) is 1. The van der Waals surface area contributed by atoms with E-state index in [0.717, 1.165) is 22.9 Å². The van der Waals surface area contributed by atoms with Gasteiger partial charge in [-0.05, 0) is 82.3 Å². The first-order valence-corrected chi connectivity index (χ1v) is 14.8. The molecule has 2 aromatic carbocycles. The molecule has 0 bridgehead atoms. The molecule has 1 N–H and O–H groups in total. The van der Waals surface area contributed by atoms with Crippen LogP contribution in [0.15, 0.2) is 42.5 Å². The number of halogens is 1. The summed E-state index contributed by atoms with van der Waals surface area (Å²) < 4.78 is 26.4. The Bertz CT molecular complexity index is 1210. The zero-order valence-electron chi connectivity index (χ0n) is 23.0. The first-order valence-electron chi connectivity index (χ1n) is 12.5. The van der Waals surface area contributed by atoms with Crippen LogP contribution in [0.5, 0.6) is 0 Å². The minimum Gasteiger partial charge on any atom is -0.350 e. The zero-order chi connectivity index (χ0) is 28.0. The molecular formula is C28H40ClN3O4S. The van der Waals surface area contributed by atoms with Gasteiger partial charge < -0.3 is 10.2 Å². The number of sulfonamides is 1. The maximum atomic E-state index is 13.5. The van der Waals surface area contributed by atoms with Gasteiger partial charge in [0.05, 0.1) is 11.9 Å². The second kappa shape index (κ2) is 12.8. The van der Waals surface area contributed by atoms with Crippen molar-refractivity contribution in [3.8, 4) is 0 Å². The number of benzene rings is 2. The Morgan fingerprint density at radius 3 is 2.24 bits per heavy atom. The molecule has 0 aliphatic rings. The minimum atomic E-state index is -3.55. The van der Waals surface area contributed by atoms with E-state index in [4.69, 9.17) is 11.6 Å². The lowest BCUT2D eigenvalue weighted by molar-refractivity contribution is -0.142. The van der Waals surface area contributed by atoms with Crippen molar-refractivity contribution in [3.63, 3.8) is 0 Å². The number of nitrogens with one attached hydrogen (secondary N) is 1. The third-order valence-electron chi connectivity index (χ3n) is 6.11. The first kappa shape index (κ1) is 30.6. The Balaban J connectivity index is 2.27. The molecule has 1 unspecified atom stereocenters. The van der Waals surface area contributed by atoms with Crippen molar-refractivity contribution in [1.82, 2.24) is 10.2 Å². The maximum absolute atomic E-state index is 13.5. The highest BCUT2D eigenvalue weighted by Gasteiger charge is 2.31. The van der Waals surface area contributed by atoms with Crippen LogP contribution in [0.25, 0.3) is 0 Å². The van der Waals surface area contributed by atoms with E-state index in [0.29, 0.717) is 23.6 Å². The summed E-state index contributed by atoms with van der Waals surface area (Å²) in [5, 5.41) is 3.50. The quantitative estimate of drug-likeness (QED) is 0.416. The third kappa shape index (κ3) is 9.04. The summed E-state index contributed by atoms with van der Waals surface area (Å²) in [6.07, 6.45) is 1.98. The first-order chi connectivity index (χ1) is 17.1. The highest BCUT2D eigenvalue weighted by Crippen LogP contribution is 2.24. The predicted octanol–water partition coefficient (Wildman–Crippen LogP) is 5.23. The molecule has 0 aromatic heterocycles.